The predicted octanol–water partition coefficient (Wildman–Crippen LogP) is 5.73. The van der Waals surface area contributed by atoms with Crippen LogP contribution in [0.15, 0.2) is 84.9 Å². The molecule has 0 unspecified atom stereocenters. The minimum Gasteiger partial charge on any atom is -0.315 e. The van der Waals surface area contributed by atoms with Gasteiger partial charge in [0.2, 0.25) is 5.91 Å². The fourth-order valence-corrected chi connectivity index (χ4v) is 6.51. The van der Waals surface area contributed by atoms with Crippen molar-refractivity contribution in [3.05, 3.63) is 107 Å². The van der Waals surface area contributed by atoms with Gasteiger partial charge in [-0.25, -0.2) is 0 Å². The Morgan fingerprint density at radius 3 is 2.16 bits per heavy atom. The van der Waals surface area contributed by atoms with E-state index in [4.69, 9.17) is 21.1 Å². The summed E-state index contributed by atoms with van der Waals surface area (Å²) in [5.74, 6) is -0.259. The van der Waals surface area contributed by atoms with Crippen LogP contribution in [-0.4, -0.2) is 22.6 Å². The Bertz CT molecular complexity index is 1110. The van der Waals surface area contributed by atoms with E-state index < -0.39 is 11.3 Å². The summed E-state index contributed by atoms with van der Waals surface area (Å²) >= 11 is 7.70. The number of nitrogens with zero attached hydrogens (tertiary/aromatic N) is 1. The van der Waals surface area contributed by atoms with Gasteiger partial charge in [-0.15, -0.1) is 0 Å². The highest BCUT2D eigenvalue weighted by atomic mass is 35.5. The van der Waals surface area contributed by atoms with Gasteiger partial charge in [0.25, 0.3) is 0 Å². The van der Waals surface area contributed by atoms with Gasteiger partial charge >= 0.3 is 5.24 Å². The predicted molar refractivity (Wildman–Crippen MR) is 120 cm³/mol. The van der Waals surface area contributed by atoms with Gasteiger partial charge in [0.15, 0.2) is 0 Å². The van der Waals surface area contributed by atoms with Crippen molar-refractivity contribution >= 4 is 29.3 Å². The molecule has 4 aliphatic heterocycles. The van der Waals surface area contributed by atoms with Gasteiger partial charge in [-0.1, -0.05) is 96.2 Å². The molecule has 3 aromatic carbocycles. The van der Waals surface area contributed by atoms with E-state index in [0.717, 1.165) is 16.7 Å². The van der Waals surface area contributed by atoms with Crippen molar-refractivity contribution in [1.82, 2.24) is 4.90 Å². The third-order valence-electron chi connectivity index (χ3n) is 6.22. The smallest absolute Gasteiger partial charge is 0.309 e. The first-order valence-electron chi connectivity index (χ1n) is 10.3. The highest BCUT2D eigenvalue weighted by molar-refractivity contribution is 8.00. The molecule has 1 spiro atoms. The summed E-state index contributed by atoms with van der Waals surface area (Å²) in [5, 5.41) is -0.545. The maximum Gasteiger partial charge on any atom is 0.309 e. The van der Waals surface area contributed by atoms with Gasteiger partial charge in [0.1, 0.15) is 12.2 Å². The molecule has 5 atom stereocenters. The van der Waals surface area contributed by atoms with Crippen molar-refractivity contribution in [3.8, 4) is 0 Å². The number of rotatable bonds is 3. The Balaban J connectivity index is 1.44. The van der Waals surface area contributed by atoms with Crippen molar-refractivity contribution in [2.45, 2.75) is 22.7 Å². The van der Waals surface area contributed by atoms with Crippen LogP contribution in [0.1, 0.15) is 34.1 Å². The summed E-state index contributed by atoms with van der Waals surface area (Å²) in [4.78, 5) is 15.6. The van der Waals surface area contributed by atoms with Gasteiger partial charge in [-0.05, 0) is 28.8 Å². The third-order valence-corrected chi connectivity index (χ3v) is 8.01. The Morgan fingerprint density at radius 2 is 1.48 bits per heavy atom. The van der Waals surface area contributed by atoms with E-state index in [9.17, 15) is 4.79 Å². The summed E-state index contributed by atoms with van der Waals surface area (Å²) < 4.78 is 13.1. The van der Waals surface area contributed by atoms with Crippen molar-refractivity contribution in [2.24, 2.45) is 5.92 Å². The highest BCUT2D eigenvalue weighted by Gasteiger charge is 2.67. The summed E-state index contributed by atoms with van der Waals surface area (Å²) in [5.41, 5.74) is 3.10. The average molecular weight is 450 g/mol. The molecular weight excluding hydrogens is 430 g/mol. The maximum atomic E-state index is 13.8. The monoisotopic (exact) mass is 449 g/mol. The third kappa shape index (κ3) is 3.11. The molecule has 0 N–H and O–H groups in total. The molecule has 6 heteroatoms. The average Bonchev–Trinajstić information content (AvgIpc) is 3.21. The van der Waals surface area contributed by atoms with Crippen LogP contribution in [0.2, 0.25) is 5.02 Å². The number of benzene rings is 3. The number of halogens is 1. The zero-order chi connectivity index (χ0) is 21.0. The molecule has 0 aliphatic carbocycles. The van der Waals surface area contributed by atoms with Gasteiger partial charge in [-0.2, -0.15) is 0 Å². The van der Waals surface area contributed by atoms with Crippen LogP contribution in [0.5, 0.6) is 0 Å². The number of fused-ring (bicyclic) bond motifs is 2. The van der Waals surface area contributed by atoms with Crippen molar-refractivity contribution in [1.29, 1.82) is 0 Å². The lowest BCUT2D eigenvalue weighted by Crippen LogP contribution is -2.62. The lowest BCUT2D eigenvalue weighted by atomic mass is 9.86. The van der Waals surface area contributed by atoms with E-state index in [1.807, 2.05) is 72.8 Å². The molecule has 2 bridgehead atoms. The van der Waals surface area contributed by atoms with E-state index in [2.05, 4.69) is 12.1 Å². The number of ether oxygens (including phenoxy) is 2. The normalized spacial score (nSPS) is 31.6. The molecule has 4 heterocycles. The number of carbonyl (C=O) groups is 1. The van der Waals surface area contributed by atoms with Crippen molar-refractivity contribution in [2.75, 3.05) is 6.54 Å². The standard InChI is InChI=1S/C25H20ClNO3S/c26-19-13-11-17(12-14-19)22-21-23(18-9-5-2-6-10-18)31-25(30-22)27(24(21)28)15-20(29-25)16-7-3-1-4-8-16/h1-14,20-23H,15H2/t20-,21-,22-,23-,25+/m0/s1. The second-order valence-corrected chi connectivity index (χ2v) is 9.75. The summed E-state index contributed by atoms with van der Waals surface area (Å²) in [6.07, 6.45) is -0.626. The molecule has 7 rings (SSSR count). The first kappa shape index (κ1) is 19.4. The number of carbonyl (C=O) groups excluding carboxylic acids is 1. The minimum atomic E-state index is -1.14. The zero-order valence-corrected chi connectivity index (χ0v) is 18.1. The quantitative estimate of drug-likeness (QED) is 0.512. The van der Waals surface area contributed by atoms with E-state index >= 15 is 0 Å². The lowest BCUT2D eigenvalue weighted by Gasteiger charge is -2.54. The summed E-state index contributed by atoms with van der Waals surface area (Å²) in [7, 11) is 0. The second-order valence-electron chi connectivity index (χ2n) is 8.05. The van der Waals surface area contributed by atoms with Crippen LogP contribution >= 0.6 is 23.4 Å². The zero-order valence-electron chi connectivity index (χ0n) is 16.6. The van der Waals surface area contributed by atoms with E-state index in [-0.39, 0.29) is 23.2 Å². The van der Waals surface area contributed by atoms with E-state index in [1.165, 1.54) is 0 Å². The first-order chi connectivity index (χ1) is 15.1. The van der Waals surface area contributed by atoms with Crippen molar-refractivity contribution in [3.63, 3.8) is 0 Å². The van der Waals surface area contributed by atoms with Crippen LogP contribution < -0.4 is 0 Å². The summed E-state index contributed by atoms with van der Waals surface area (Å²) in [6.45, 7) is 0.487. The van der Waals surface area contributed by atoms with Crippen LogP contribution in [0, 0.1) is 5.92 Å². The molecular formula is C25H20ClNO3S. The molecule has 0 radical (unpaired) electrons. The SMILES string of the molecule is O=C1[C@H]2[C@H](c3ccc(Cl)cc3)O[C@@]3(O[C@H](c4ccccc4)CN13)S[C@H]2c1ccccc1. The summed E-state index contributed by atoms with van der Waals surface area (Å²) in [6, 6.07) is 27.8. The van der Waals surface area contributed by atoms with Crippen LogP contribution in [-0.2, 0) is 14.3 Å². The van der Waals surface area contributed by atoms with E-state index in [0.29, 0.717) is 11.6 Å². The Labute approximate surface area is 190 Å². The Kier molecular flexibility index (Phi) is 4.62. The molecule has 156 valence electrons. The van der Waals surface area contributed by atoms with Crippen LogP contribution in [0.3, 0.4) is 0 Å². The molecule has 31 heavy (non-hydrogen) atoms. The molecule has 0 aromatic heterocycles. The second kappa shape index (κ2) is 7.38. The van der Waals surface area contributed by atoms with Crippen LogP contribution in [0.25, 0.3) is 0 Å². The Hall–Kier alpha value is -2.31. The molecule has 3 aromatic rings. The molecule has 4 nitrogen and oxygen atoms in total. The molecule has 4 fully saturated rings. The minimum absolute atomic E-state index is 0.0612. The van der Waals surface area contributed by atoms with Crippen molar-refractivity contribution < 1.29 is 14.3 Å². The van der Waals surface area contributed by atoms with E-state index in [1.54, 1.807) is 16.7 Å². The fourth-order valence-electron chi connectivity index (χ4n) is 4.75. The maximum absolute atomic E-state index is 13.8. The number of amides is 1. The molecule has 0 saturated carbocycles. The Morgan fingerprint density at radius 1 is 0.839 bits per heavy atom. The lowest BCUT2D eigenvalue weighted by molar-refractivity contribution is -0.278. The molecule has 1 amide bonds. The molecule has 4 saturated heterocycles. The fraction of sp³-hybridized carbons (Fsp3) is 0.240. The first-order valence-corrected chi connectivity index (χ1v) is 11.6. The topological polar surface area (TPSA) is 38.8 Å². The van der Waals surface area contributed by atoms with Gasteiger partial charge in [-0.3, -0.25) is 9.69 Å². The molecule has 4 aliphatic rings. The van der Waals surface area contributed by atoms with Gasteiger partial charge < -0.3 is 9.47 Å². The van der Waals surface area contributed by atoms with Gasteiger partial charge in [0, 0.05) is 5.02 Å². The number of thioether (sulfide) groups is 1. The largest absolute Gasteiger partial charge is 0.315 e. The highest BCUT2D eigenvalue weighted by Crippen LogP contribution is 2.64. The van der Waals surface area contributed by atoms with Gasteiger partial charge in [0.05, 0.1) is 17.7 Å². The van der Waals surface area contributed by atoms with Crippen LogP contribution in [0.4, 0.5) is 0 Å². The number of hydrogen-bond donors (Lipinski definition) is 0. The number of hydrogen-bond acceptors (Lipinski definition) is 4.